The van der Waals surface area contributed by atoms with Gasteiger partial charge >= 0.3 is 0 Å². The molecule has 1 N–H and O–H groups in total. The number of aliphatic hydroxyl groups is 1. The minimum Gasteiger partial charge on any atom is -0.386 e. The number of nitrogens with zero attached hydrogens (tertiary/aromatic N) is 4. The van der Waals surface area contributed by atoms with E-state index >= 15 is 0 Å². The van der Waals surface area contributed by atoms with E-state index in [1.807, 2.05) is 44.1 Å². The van der Waals surface area contributed by atoms with E-state index in [0.717, 1.165) is 28.5 Å². The number of rotatable bonds is 3. The smallest absolute Gasteiger partial charge is 0.105 e. The highest BCUT2D eigenvalue weighted by atomic mass is 16.3. The number of aliphatic hydroxyl groups excluding tert-OH is 1. The number of aromatic nitrogens is 4. The summed E-state index contributed by atoms with van der Waals surface area (Å²) in [6.07, 6.45) is 1.77. The Morgan fingerprint density at radius 1 is 1.28 bits per heavy atom. The van der Waals surface area contributed by atoms with Crippen LogP contribution in [0, 0.1) is 20.8 Å². The molecule has 0 amide bonds. The van der Waals surface area contributed by atoms with Gasteiger partial charge in [0.25, 0.3) is 0 Å². The highest BCUT2D eigenvalue weighted by Crippen LogP contribution is 2.22. The molecule has 98 valence electrons. The Labute approximate surface area is 107 Å². The molecule has 0 aliphatic heterocycles. The molecule has 5 nitrogen and oxygen atoms in total. The molecule has 2 rings (SSSR count). The van der Waals surface area contributed by atoms with Crippen LogP contribution < -0.4 is 0 Å². The Morgan fingerprint density at radius 3 is 2.39 bits per heavy atom. The van der Waals surface area contributed by atoms with Crippen LogP contribution in [0.1, 0.15) is 34.6 Å². The highest BCUT2D eigenvalue weighted by Gasteiger charge is 2.18. The fourth-order valence-corrected chi connectivity index (χ4v) is 2.24. The summed E-state index contributed by atoms with van der Waals surface area (Å²) in [4.78, 5) is 4.21. The van der Waals surface area contributed by atoms with Gasteiger partial charge in [-0.25, -0.2) is 4.98 Å². The molecule has 0 aliphatic carbocycles. The van der Waals surface area contributed by atoms with Gasteiger partial charge in [-0.2, -0.15) is 5.10 Å². The molecule has 0 saturated heterocycles. The van der Waals surface area contributed by atoms with Crippen molar-refractivity contribution in [3.05, 3.63) is 34.7 Å². The van der Waals surface area contributed by atoms with E-state index in [0.29, 0.717) is 6.42 Å². The zero-order valence-electron chi connectivity index (χ0n) is 11.6. The van der Waals surface area contributed by atoms with Crippen LogP contribution in [0.5, 0.6) is 0 Å². The number of hydrogen-bond donors (Lipinski definition) is 1. The van der Waals surface area contributed by atoms with Gasteiger partial charge in [0.05, 0.1) is 23.7 Å². The van der Waals surface area contributed by atoms with E-state index < -0.39 is 6.10 Å². The quantitative estimate of drug-likeness (QED) is 0.892. The maximum Gasteiger partial charge on any atom is 0.105 e. The van der Waals surface area contributed by atoms with E-state index in [4.69, 9.17) is 0 Å². The number of imidazole rings is 1. The van der Waals surface area contributed by atoms with E-state index in [9.17, 15) is 5.11 Å². The Morgan fingerprint density at radius 2 is 1.94 bits per heavy atom. The van der Waals surface area contributed by atoms with E-state index in [1.54, 1.807) is 6.20 Å². The van der Waals surface area contributed by atoms with Crippen LogP contribution in [-0.2, 0) is 20.5 Å². The summed E-state index contributed by atoms with van der Waals surface area (Å²) in [5.74, 6) is 0.906. The third-order valence-electron chi connectivity index (χ3n) is 3.65. The summed E-state index contributed by atoms with van der Waals surface area (Å²) in [5.41, 5.74) is 4.04. The van der Waals surface area contributed by atoms with Crippen LogP contribution in [0.3, 0.4) is 0 Å². The summed E-state index contributed by atoms with van der Waals surface area (Å²) < 4.78 is 3.78. The molecule has 0 aliphatic rings. The number of hydrogen-bond acceptors (Lipinski definition) is 3. The standard InChI is InChI=1S/C13H20N4O/c1-8-11(9(2)17(5)15-8)6-13(18)12-7-14-10(3)16(12)4/h7,13,18H,6H2,1-5H3. The van der Waals surface area contributed by atoms with Gasteiger partial charge in [-0.3, -0.25) is 4.68 Å². The SMILES string of the molecule is Cc1nn(C)c(C)c1CC(O)c1cnc(C)n1C. The second kappa shape index (κ2) is 4.57. The fourth-order valence-electron chi connectivity index (χ4n) is 2.24. The summed E-state index contributed by atoms with van der Waals surface area (Å²) in [6.45, 7) is 5.93. The van der Waals surface area contributed by atoms with Gasteiger partial charge in [0.1, 0.15) is 5.82 Å². The first-order chi connectivity index (χ1) is 8.41. The first kappa shape index (κ1) is 12.8. The normalized spacial score (nSPS) is 13.0. The second-order valence-corrected chi connectivity index (χ2v) is 4.78. The second-order valence-electron chi connectivity index (χ2n) is 4.78. The van der Waals surface area contributed by atoms with Crippen LogP contribution in [0.25, 0.3) is 0 Å². The molecule has 0 fully saturated rings. The topological polar surface area (TPSA) is 55.9 Å². The van der Waals surface area contributed by atoms with Crippen molar-refractivity contribution in [1.29, 1.82) is 0 Å². The van der Waals surface area contributed by atoms with Crippen molar-refractivity contribution in [3.63, 3.8) is 0 Å². The minimum atomic E-state index is -0.544. The molecule has 2 aromatic heterocycles. The molecule has 5 heteroatoms. The lowest BCUT2D eigenvalue weighted by Crippen LogP contribution is -2.09. The minimum absolute atomic E-state index is 0.544. The summed E-state index contributed by atoms with van der Waals surface area (Å²) in [7, 11) is 3.84. The zero-order valence-corrected chi connectivity index (χ0v) is 11.6. The first-order valence-electron chi connectivity index (χ1n) is 6.07. The van der Waals surface area contributed by atoms with Gasteiger partial charge in [0.2, 0.25) is 0 Å². The Hall–Kier alpha value is -1.62. The lowest BCUT2D eigenvalue weighted by Gasteiger charge is -2.12. The van der Waals surface area contributed by atoms with Crippen molar-refractivity contribution in [1.82, 2.24) is 19.3 Å². The van der Waals surface area contributed by atoms with Gasteiger partial charge in [-0.1, -0.05) is 0 Å². The first-order valence-corrected chi connectivity index (χ1v) is 6.07. The molecule has 1 atom stereocenters. The lowest BCUT2D eigenvalue weighted by atomic mass is 10.0. The summed E-state index contributed by atoms with van der Waals surface area (Å²) >= 11 is 0. The van der Waals surface area contributed by atoms with Crippen LogP contribution in [0.15, 0.2) is 6.20 Å². The average molecular weight is 248 g/mol. The molecule has 18 heavy (non-hydrogen) atoms. The Kier molecular flexibility index (Phi) is 3.26. The van der Waals surface area contributed by atoms with Gasteiger partial charge in [-0.15, -0.1) is 0 Å². The molecular formula is C13H20N4O. The van der Waals surface area contributed by atoms with Gasteiger partial charge in [0, 0.05) is 26.2 Å². The predicted molar refractivity (Wildman–Crippen MR) is 69.3 cm³/mol. The van der Waals surface area contributed by atoms with E-state index in [1.165, 1.54) is 0 Å². The van der Waals surface area contributed by atoms with E-state index in [2.05, 4.69) is 10.1 Å². The fraction of sp³-hybridized carbons (Fsp3) is 0.538. The maximum atomic E-state index is 10.3. The molecule has 0 saturated carbocycles. The van der Waals surface area contributed by atoms with Crippen LogP contribution in [-0.4, -0.2) is 24.4 Å². The zero-order chi connectivity index (χ0) is 13.4. The molecule has 0 bridgehead atoms. The van der Waals surface area contributed by atoms with Gasteiger partial charge in [0.15, 0.2) is 0 Å². The van der Waals surface area contributed by atoms with Crippen LogP contribution >= 0.6 is 0 Å². The number of aryl methyl sites for hydroxylation is 3. The van der Waals surface area contributed by atoms with Crippen molar-refractivity contribution >= 4 is 0 Å². The average Bonchev–Trinajstić information content (AvgIpc) is 2.75. The molecule has 0 aromatic carbocycles. The van der Waals surface area contributed by atoms with Crippen LogP contribution in [0.4, 0.5) is 0 Å². The maximum absolute atomic E-state index is 10.3. The molecule has 0 radical (unpaired) electrons. The summed E-state index contributed by atoms with van der Waals surface area (Å²) in [6, 6.07) is 0. The Balaban J connectivity index is 2.26. The van der Waals surface area contributed by atoms with Crippen molar-refractivity contribution in [2.75, 3.05) is 0 Å². The van der Waals surface area contributed by atoms with Gasteiger partial charge < -0.3 is 9.67 Å². The van der Waals surface area contributed by atoms with Gasteiger partial charge in [-0.05, 0) is 26.3 Å². The molecule has 0 spiro atoms. The molecule has 1 unspecified atom stereocenters. The molecule has 2 aromatic rings. The van der Waals surface area contributed by atoms with Crippen molar-refractivity contribution in [3.8, 4) is 0 Å². The third kappa shape index (κ3) is 2.06. The van der Waals surface area contributed by atoms with Crippen molar-refractivity contribution in [2.24, 2.45) is 14.1 Å². The Bertz CT molecular complexity index is 568. The monoisotopic (exact) mass is 248 g/mol. The molecular weight excluding hydrogens is 228 g/mol. The van der Waals surface area contributed by atoms with Crippen molar-refractivity contribution in [2.45, 2.75) is 33.3 Å². The summed E-state index contributed by atoms with van der Waals surface area (Å²) in [5, 5.41) is 14.7. The highest BCUT2D eigenvalue weighted by molar-refractivity contribution is 5.26. The third-order valence-corrected chi connectivity index (χ3v) is 3.65. The largest absolute Gasteiger partial charge is 0.386 e. The van der Waals surface area contributed by atoms with Crippen molar-refractivity contribution < 1.29 is 5.11 Å². The molecule has 2 heterocycles. The predicted octanol–water partition coefficient (Wildman–Crippen LogP) is 1.35. The van der Waals surface area contributed by atoms with Crippen LogP contribution in [0.2, 0.25) is 0 Å². The van der Waals surface area contributed by atoms with E-state index in [-0.39, 0.29) is 0 Å². The lowest BCUT2D eigenvalue weighted by molar-refractivity contribution is 0.169.